The van der Waals surface area contributed by atoms with E-state index in [4.69, 9.17) is 16.2 Å². The Labute approximate surface area is 202 Å². The number of rotatable bonds is 16. The molecule has 6 N–H and O–H groups in total. The molecule has 0 aromatic heterocycles. The first kappa shape index (κ1) is 27.8. The van der Waals surface area contributed by atoms with Gasteiger partial charge in [0.1, 0.15) is 18.7 Å². The lowest BCUT2D eigenvalue weighted by Crippen LogP contribution is -2.54. The highest BCUT2D eigenvalue weighted by Gasteiger charge is 2.38. The summed E-state index contributed by atoms with van der Waals surface area (Å²) in [6.07, 6.45) is 6.02. The maximum Gasteiger partial charge on any atom is 0.326 e. The Kier molecular flexibility index (Phi) is 12.6. The minimum atomic E-state index is -0.993. The average molecular weight is 477 g/mol. The number of nitrogens with zero attached hydrogens (tertiary/aromatic N) is 1. The highest BCUT2D eigenvalue weighted by Crippen LogP contribution is 2.20. The van der Waals surface area contributed by atoms with Gasteiger partial charge < -0.3 is 26.2 Å². The smallest absolute Gasteiger partial charge is 0.326 e. The van der Waals surface area contributed by atoms with Crippen molar-refractivity contribution in [3.8, 4) is 0 Å². The van der Waals surface area contributed by atoms with E-state index in [2.05, 4.69) is 5.32 Å². The second-order valence-corrected chi connectivity index (χ2v) is 8.82. The average Bonchev–Trinajstić information content (AvgIpc) is 3.34. The van der Waals surface area contributed by atoms with E-state index in [1.165, 1.54) is 4.90 Å². The molecular weight excluding hydrogens is 436 g/mol. The summed E-state index contributed by atoms with van der Waals surface area (Å²) in [5, 5.41) is 12.8. The van der Waals surface area contributed by atoms with Gasteiger partial charge in [-0.3, -0.25) is 14.9 Å². The molecule has 2 rings (SSSR count). The molecule has 0 spiro atoms. The number of esters is 1. The first-order chi connectivity index (χ1) is 16.5. The zero-order valence-corrected chi connectivity index (χ0v) is 20.0. The summed E-state index contributed by atoms with van der Waals surface area (Å²) >= 11 is 0. The molecule has 1 aromatic carbocycles. The van der Waals surface area contributed by atoms with Crippen LogP contribution in [0.3, 0.4) is 0 Å². The summed E-state index contributed by atoms with van der Waals surface area (Å²) in [6.45, 7) is 1.65. The summed E-state index contributed by atoms with van der Waals surface area (Å²) in [4.78, 5) is 39.5. The third kappa shape index (κ3) is 9.04. The molecule has 0 aliphatic carbocycles. The molecule has 1 saturated heterocycles. The highest BCUT2D eigenvalue weighted by atomic mass is 16.5. The fourth-order valence-electron chi connectivity index (χ4n) is 4.27. The molecule has 9 nitrogen and oxygen atoms in total. The normalized spacial score (nSPS) is 17.4. The van der Waals surface area contributed by atoms with Crippen LogP contribution in [0.4, 0.5) is 0 Å². The van der Waals surface area contributed by atoms with E-state index in [1.54, 1.807) is 0 Å². The summed E-state index contributed by atoms with van der Waals surface area (Å²) in [6, 6.07) is 7.27. The molecule has 0 saturated carbocycles. The number of aliphatic carboxylic acids is 1. The van der Waals surface area contributed by atoms with Crippen LogP contribution in [0.2, 0.25) is 0 Å². The van der Waals surface area contributed by atoms with Crippen LogP contribution in [-0.4, -0.2) is 65.6 Å². The number of unbranched alkanes of at least 4 members (excludes halogenated alkanes) is 3. The van der Waals surface area contributed by atoms with Gasteiger partial charge in [-0.1, -0.05) is 49.6 Å². The predicted molar refractivity (Wildman–Crippen MR) is 130 cm³/mol. The van der Waals surface area contributed by atoms with Gasteiger partial charge in [0.2, 0.25) is 5.91 Å². The van der Waals surface area contributed by atoms with Gasteiger partial charge in [-0.25, -0.2) is 4.79 Å². The highest BCUT2D eigenvalue weighted by molar-refractivity contribution is 5.88. The van der Waals surface area contributed by atoms with Gasteiger partial charge in [0.05, 0.1) is 6.04 Å². The lowest BCUT2D eigenvalue weighted by molar-refractivity contribution is -0.151. The third-order valence-electron chi connectivity index (χ3n) is 6.17. The van der Waals surface area contributed by atoms with Crippen molar-refractivity contribution in [1.82, 2.24) is 10.2 Å². The van der Waals surface area contributed by atoms with E-state index in [0.717, 1.165) is 31.2 Å². The van der Waals surface area contributed by atoms with E-state index in [0.29, 0.717) is 51.7 Å². The third-order valence-corrected chi connectivity index (χ3v) is 6.17. The molecule has 0 radical (unpaired) electrons. The van der Waals surface area contributed by atoms with Crippen LogP contribution in [-0.2, 0) is 25.7 Å². The number of amides is 1. The van der Waals surface area contributed by atoms with Crippen LogP contribution in [0, 0.1) is 0 Å². The lowest BCUT2D eigenvalue weighted by atomic mass is 10.0. The second-order valence-electron chi connectivity index (χ2n) is 8.82. The van der Waals surface area contributed by atoms with Crippen molar-refractivity contribution in [3.05, 3.63) is 35.9 Å². The maximum absolute atomic E-state index is 13.4. The van der Waals surface area contributed by atoms with Crippen molar-refractivity contribution in [3.63, 3.8) is 0 Å². The molecule has 1 aliphatic heterocycles. The fraction of sp³-hybridized carbons (Fsp3) is 0.640. The maximum atomic E-state index is 13.4. The zero-order chi connectivity index (χ0) is 24.8. The molecule has 34 heavy (non-hydrogen) atoms. The molecular formula is C25H40N4O5. The number of carbonyl (C=O) groups is 3. The molecule has 1 heterocycles. The van der Waals surface area contributed by atoms with Gasteiger partial charge in [0.25, 0.3) is 0 Å². The number of benzene rings is 1. The number of carbonyl (C=O) groups excluding carboxylic acids is 2. The minimum Gasteiger partial charge on any atom is -0.480 e. The van der Waals surface area contributed by atoms with Crippen molar-refractivity contribution in [2.75, 3.05) is 19.6 Å². The standard InChI is InChI=1S/C25H40N4O5/c26-15-7-2-5-13-21(25(33)34-18-19-10-3-1-4-11-19)28-20(12-6-8-16-27)23(30)29-17-9-14-22(29)24(31)32/h1,3-4,10-11,20-22,28H,2,5-9,12-18,26-27H2,(H,31,32)/t20-,21?,22-/m0/s1. The van der Waals surface area contributed by atoms with Gasteiger partial charge in [0.15, 0.2) is 0 Å². The number of carboxylic acid groups (broad SMARTS) is 1. The number of nitrogens with one attached hydrogen (secondary N) is 1. The van der Waals surface area contributed by atoms with Gasteiger partial charge in [-0.2, -0.15) is 0 Å². The summed E-state index contributed by atoms with van der Waals surface area (Å²) in [7, 11) is 0. The predicted octanol–water partition coefficient (Wildman–Crippen LogP) is 1.78. The zero-order valence-electron chi connectivity index (χ0n) is 20.0. The van der Waals surface area contributed by atoms with Gasteiger partial charge >= 0.3 is 11.9 Å². The Bertz CT molecular complexity index is 761. The number of nitrogens with two attached hydrogens (primary N) is 2. The van der Waals surface area contributed by atoms with Crippen molar-refractivity contribution in [2.24, 2.45) is 11.5 Å². The van der Waals surface area contributed by atoms with Crippen LogP contribution < -0.4 is 16.8 Å². The molecule has 1 aliphatic rings. The Morgan fingerprint density at radius 3 is 2.32 bits per heavy atom. The molecule has 9 heteroatoms. The van der Waals surface area contributed by atoms with Crippen LogP contribution in [0.15, 0.2) is 30.3 Å². The van der Waals surface area contributed by atoms with Crippen LogP contribution in [0.1, 0.15) is 63.4 Å². The first-order valence-corrected chi connectivity index (χ1v) is 12.4. The fourth-order valence-corrected chi connectivity index (χ4v) is 4.27. The van der Waals surface area contributed by atoms with Crippen LogP contribution >= 0.6 is 0 Å². The van der Waals surface area contributed by atoms with E-state index < -0.39 is 30.1 Å². The van der Waals surface area contributed by atoms with Gasteiger partial charge in [-0.15, -0.1) is 0 Å². The lowest BCUT2D eigenvalue weighted by Gasteiger charge is -2.30. The van der Waals surface area contributed by atoms with Crippen molar-refractivity contribution in [2.45, 2.75) is 82.5 Å². The summed E-state index contributed by atoms with van der Waals surface area (Å²) in [5.74, 6) is -1.68. The number of ether oxygens (including phenoxy) is 1. The van der Waals surface area contributed by atoms with Crippen LogP contribution in [0.5, 0.6) is 0 Å². The minimum absolute atomic E-state index is 0.152. The SMILES string of the molecule is NCCCCCC(N[C@@H](CCCCN)C(=O)N1CCC[C@H]1C(=O)O)C(=O)OCc1ccccc1. The Morgan fingerprint density at radius 2 is 1.65 bits per heavy atom. The molecule has 190 valence electrons. The molecule has 3 atom stereocenters. The Hall–Kier alpha value is -2.49. The molecule has 0 bridgehead atoms. The Balaban J connectivity index is 2.11. The second kappa shape index (κ2) is 15.4. The van der Waals surface area contributed by atoms with E-state index >= 15 is 0 Å². The summed E-state index contributed by atoms with van der Waals surface area (Å²) < 4.78 is 5.57. The molecule has 1 aromatic rings. The van der Waals surface area contributed by atoms with E-state index in [-0.39, 0.29) is 12.5 Å². The van der Waals surface area contributed by atoms with Crippen molar-refractivity contribution < 1.29 is 24.2 Å². The monoisotopic (exact) mass is 476 g/mol. The Morgan fingerprint density at radius 1 is 1.00 bits per heavy atom. The number of likely N-dealkylation sites (tertiary alicyclic amines) is 1. The number of carboxylic acids is 1. The van der Waals surface area contributed by atoms with Crippen LogP contribution in [0.25, 0.3) is 0 Å². The van der Waals surface area contributed by atoms with Crippen molar-refractivity contribution in [1.29, 1.82) is 0 Å². The van der Waals surface area contributed by atoms with E-state index in [1.807, 2.05) is 30.3 Å². The number of hydrogen-bond donors (Lipinski definition) is 4. The topological polar surface area (TPSA) is 148 Å². The van der Waals surface area contributed by atoms with E-state index in [9.17, 15) is 19.5 Å². The van der Waals surface area contributed by atoms with Crippen molar-refractivity contribution >= 4 is 17.8 Å². The van der Waals surface area contributed by atoms with Gasteiger partial charge in [0, 0.05) is 6.54 Å². The first-order valence-electron chi connectivity index (χ1n) is 12.4. The molecule has 1 unspecified atom stereocenters. The molecule has 1 amide bonds. The molecule has 1 fully saturated rings. The largest absolute Gasteiger partial charge is 0.480 e. The summed E-state index contributed by atoms with van der Waals surface area (Å²) in [5.41, 5.74) is 12.1. The number of hydrogen-bond acceptors (Lipinski definition) is 7. The quantitative estimate of drug-likeness (QED) is 0.208. The van der Waals surface area contributed by atoms with Gasteiger partial charge in [-0.05, 0) is 57.2 Å².